The Labute approximate surface area is 113 Å². The molecule has 0 saturated carbocycles. The van der Waals surface area contributed by atoms with Gasteiger partial charge in [0.2, 0.25) is 0 Å². The Bertz CT molecular complexity index is 567. The van der Waals surface area contributed by atoms with Gasteiger partial charge in [0.05, 0.1) is 11.8 Å². The van der Waals surface area contributed by atoms with E-state index in [2.05, 4.69) is 21.4 Å². The van der Waals surface area contributed by atoms with Crippen LogP contribution in [0.2, 0.25) is 0 Å². The lowest BCUT2D eigenvalue weighted by Crippen LogP contribution is -2.06. The molecule has 0 aliphatic heterocycles. The number of nitrogens with zero attached hydrogens (tertiary/aromatic N) is 2. The van der Waals surface area contributed by atoms with Crippen LogP contribution >= 0.6 is 0 Å². The van der Waals surface area contributed by atoms with Gasteiger partial charge in [-0.05, 0) is 44.5 Å². The van der Waals surface area contributed by atoms with Crippen molar-refractivity contribution in [1.82, 2.24) is 9.97 Å². The highest BCUT2D eigenvalue weighted by Gasteiger charge is 2.06. The summed E-state index contributed by atoms with van der Waals surface area (Å²) in [6.07, 6.45) is 1.74. The van der Waals surface area contributed by atoms with Gasteiger partial charge < -0.3 is 10.1 Å². The molecule has 0 spiro atoms. The molecule has 0 fully saturated rings. The molecule has 0 aliphatic rings. The molecule has 19 heavy (non-hydrogen) atoms. The first-order chi connectivity index (χ1) is 9.10. The first-order valence-electron chi connectivity index (χ1n) is 6.37. The lowest BCUT2D eigenvalue weighted by molar-refractivity contribution is 0.241. The van der Waals surface area contributed by atoms with Crippen LogP contribution in [0.1, 0.15) is 19.4 Å². The van der Waals surface area contributed by atoms with Crippen LogP contribution < -0.4 is 10.1 Å². The molecular formula is C15H19N3O. The Kier molecular flexibility index (Phi) is 4.00. The summed E-state index contributed by atoms with van der Waals surface area (Å²) in [7, 11) is 1.84. The topological polar surface area (TPSA) is 47.0 Å². The quantitative estimate of drug-likeness (QED) is 0.913. The lowest BCUT2D eigenvalue weighted by atomic mass is 10.1. The third-order valence-electron chi connectivity index (χ3n) is 2.76. The second-order valence-electron chi connectivity index (χ2n) is 4.69. The Morgan fingerprint density at radius 2 is 1.95 bits per heavy atom. The summed E-state index contributed by atoms with van der Waals surface area (Å²) in [6, 6.07) is 8.02. The van der Waals surface area contributed by atoms with Gasteiger partial charge in [0, 0.05) is 18.7 Å². The normalized spacial score (nSPS) is 10.6. The molecule has 2 aromatic rings. The van der Waals surface area contributed by atoms with Gasteiger partial charge in [-0.15, -0.1) is 0 Å². The molecule has 0 amide bonds. The third kappa shape index (κ3) is 3.22. The molecule has 0 aliphatic carbocycles. The highest BCUT2D eigenvalue weighted by atomic mass is 16.5. The van der Waals surface area contributed by atoms with Crippen molar-refractivity contribution < 1.29 is 4.74 Å². The number of nitrogens with one attached hydrogen (secondary N) is 1. The number of aromatic nitrogens is 2. The molecule has 1 aromatic carbocycles. The average molecular weight is 257 g/mol. The van der Waals surface area contributed by atoms with E-state index in [-0.39, 0.29) is 6.10 Å². The van der Waals surface area contributed by atoms with Crippen LogP contribution in [0.25, 0.3) is 11.3 Å². The van der Waals surface area contributed by atoms with E-state index in [1.165, 1.54) is 0 Å². The fourth-order valence-corrected chi connectivity index (χ4v) is 1.85. The maximum atomic E-state index is 5.74. The van der Waals surface area contributed by atoms with E-state index in [0.717, 1.165) is 28.4 Å². The first-order valence-corrected chi connectivity index (χ1v) is 6.37. The van der Waals surface area contributed by atoms with Gasteiger partial charge in [-0.25, -0.2) is 9.97 Å². The minimum absolute atomic E-state index is 0.180. The number of rotatable bonds is 4. The summed E-state index contributed by atoms with van der Waals surface area (Å²) in [5.74, 6) is 1.73. The van der Waals surface area contributed by atoms with E-state index in [9.17, 15) is 0 Å². The SMILES string of the molecule is CNc1cc(-c2ccc(OC(C)C)c(C)c2)ncn1. The Morgan fingerprint density at radius 3 is 2.58 bits per heavy atom. The van der Waals surface area contributed by atoms with Crippen LogP contribution in [0.3, 0.4) is 0 Å². The number of anilines is 1. The van der Waals surface area contributed by atoms with Crippen molar-refractivity contribution in [2.75, 3.05) is 12.4 Å². The Hall–Kier alpha value is -2.10. The van der Waals surface area contributed by atoms with E-state index < -0.39 is 0 Å². The molecular weight excluding hydrogens is 238 g/mol. The van der Waals surface area contributed by atoms with Crippen molar-refractivity contribution in [2.45, 2.75) is 26.9 Å². The zero-order chi connectivity index (χ0) is 13.8. The van der Waals surface area contributed by atoms with Gasteiger partial charge in [-0.2, -0.15) is 0 Å². The second-order valence-corrected chi connectivity index (χ2v) is 4.69. The minimum atomic E-state index is 0.180. The monoisotopic (exact) mass is 257 g/mol. The summed E-state index contributed by atoms with van der Waals surface area (Å²) >= 11 is 0. The van der Waals surface area contributed by atoms with Crippen LogP contribution in [0.15, 0.2) is 30.6 Å². The van der Waals surface area contributed by atoms with Crippen molar-refractivity contribution in [3.05, 3.63) is 36.2 Å². The van der Waals surface area contributed by atoms with Crippen molar-refractivity contribution in [2.24, 2.45) is 0 Å². The van der Waals surface area contributed by atoms with E-state index in [0.29, 0.717) is 0 Å². The molecule has 100 valence electrons. The highest BCUT2D eigenvalue weighted by Crippen LogP contribution is 2.26. The predicted molar refractivity (Wildman–Crippen MR) is 77.5 cm³/mol. The van der Waals surface area contributed by atoms with E-state index >= 15 is 0 Å². The van der Waals surface area contributed by atoms with Crippen molar-refractivity contribution in [3.63, 3.8) is 0 Å². The molecule has 0 radical (unpaired) electrons. The molecule has 0 bridgehead atoms. The number of aryl methyl sites for hydroxylation is 1. The van der Waals surface area contributed by atoms with E-state index in [1.807, 2.05) is 46.0 Å². The van der Waals surface area contributed by atoms with Gasteiger partial charge in [-0.1, -0.05) is 0 Å². The molecule has 0 atom stereocenters. The zero-order valence-corrected chi connectivity index (χ0v) is 11.8. The fourth-order valence-electron chi connectivity index (χ4n) is 1.85. The summed E-state index contributed by atoms with van der Waals surface area (Å²) in [4.78, 5) is 8.41. The second kappa shape index (κ2) is 5.69. The van der Waals surface area contributed by atoms with Crippen LogP contribution in [-0.2, 0) is 0 Å². The summed E-state index contributed by atoms with van der Waals surface area (Å²) in [6.45, 7) is 6.09. The number of benzene rings is 1. The van der Waals surface area contributed by atoms with Crippen LogP contribution in [0.4, 0.5) is 5.82 Å². The molecule has 1 aromatic heterocycles. The minimum Gasteiger partial charge on any atom is -0.491 e. The highest BCUT2D eigenvalue weighted by molar-refractivity contribution is 5.64. The molecule has 0 saturated heterocycles. The Morgan fingerprint density at radius 1 is 1.16 bits per heavy atom. The molecule has 2 rings (SSSR count). The molecule has 0 unspecified atom stereocenters. The standard InChI is InChI=1S/C15H19N3O/c1-10(2)19-14-6-5-12(7-11(14)3)13-8-15(16-4)18-9-17-13/h5-10H,1-4H3,(H,16,17,18). The summed E-state index contributed by atoms with van der Waals surface area (Å²) in [5.41, 5.74) is 3.07. The summed E-state index contributed by atoms with van der Waals surface area (Å²) in [5, 5.41) is 3.01. The average Bonchev–Trinajstić information content (AvgIpc) is 2.40. The largest absolute Gasteiger partial charge is 0.491 e. The molecule has 1 N–H and O–H groups in total. The van der Waals surface area contributed by atoms with Crippen LogP contribution in [0, 0.1) is 6.92 Å². The smallest absolute Gasteiger partial charge is 0.129 e. The van der Waals surface area contributed by atoms with Crippen molar-refractivity contribution >= 4 is 5.82 Å². The van der Waals surface area contributed by atoms with Gasteiger partial charge >= 0.3 is 0 Å². The predicted octanol–water partition coefficient (Wildman–Crippen LogP) is 3.28. The van der Waals surface area contributed by atoms with Gasteiger partial charge in [0.15, 0.2) is 0 Å². The Balaban J connectivity index is 2.33. The van der Waals surface area contributed by atoms with Crippen LogP contribution in [0.5, 0.6) is 5.75 Å². The van der Waals surface area contributed by atoms with Gasteiger partial charge in [-0.3, -0.25) is 0 Å². The molecule has 4 heteroatoms. The zero-order valence-electron chi connectivity index (χ0n) is 11.8. The summed E-state index contributed by atoms with van der Waals surface area (Å²) < 4.78 is 5.74. The number of ether oxygens (including phenoxy) is 1. The van der Waals surface area contributed by atoms with Crippen molar-refractivity contribution in [3.8, 4) is 17.0 Å². The first kappa shape index (κ1) is 13.3. The fraction of sp³-hybridized carbons (Fsp3) is 0.333. The third-order valence-corrected chi connectivity index (χ3v) is 2.76. The number of hydrogen-bond acceptors (Lipinski definition) is 4. The lowest BCUT2D eigenvalue weighted by Gasteiger charge is -2.13. The maximum Gasteiger partial charge on any atom is 0.129 e. The molecule has 4 nitrogen and oxygen atoms in total. The van der Waals surface area contributed by atoms with E-state index in [4.69, 9.17) is 4.74 Å². The van der Waals surface area contributed by atoms with E-state index in [1.54, 1.807) is 6.33 Å². The van der Waals surface area contributed by atoms with Gasteiger partial charge in [0.1, 0.15) is 17.9 Å². The number of hydrogen-bond donors (Lipinski definition) is 1. The van der Waals surface area contributed by atoms with Gasteiger partial charge in [0.25, 0.3) is 0 Å². The van der Waals surface area contributed by atoms with Crippen molar-refractivity contribution in [1.29, 1.82) is 0 Å². The maximum absolute atomic E-state index is 5.74. The molecule has 1 heterocycles. The van der Waals surface area contributed by atoms with Crippen LogP contribution in [-0.4, -0.2) is 23.1 Å².